The number of aromatic nitrogens is 1. The summed E-state index contributed by atoms with van der Waals surface area (Å²) in [7, 11) is 0. The van der Waals surface area contributed by atoms with E-state index in [-0.39, 0.29) is 12.1 Å². The average molecular weight is 394 g/mol. The van der Waals surface area contributed by atoms with Gasteiger partial charge in [0, 0.05) is 27.9 Å². The van der Waals surface area contributed by atoms with E-state index in [0.717, 1.165) is 9.13 Å². The number of carbonyl (C=O) groups excluding carboxylic acids is 1. The van der Waals surface area contributed by atoms with Crippen LogP contribution >= 0.6 is 22.6 Å². The highest BCUT2D eigenvalue weighted by Gasteiger charge is 2.26. The van der Waals surface area contributed by atoms with Gasteiger partial charge in [-0.3, -0.25) is 0 Å². The Labute approximate surface area is 132 Å². The maximum absolute atomic E-state index is 13.1. The number of hydrogen-bond donors (Lipinski definition) is 0. The van der Waals surface area contributed by atoms with Gasteiger partial charge in [-0.25, -0.2) is 9.78 Å². The average Bonchev–Trinajstić information content (AvgIpc) is 2.26. The van der Waals surface area contributed by atoms with E-state index in [1.54, 1.807) is 4.90 Å². The van der Waals surface area contributed by atoms with Crippen molar-refractivity contribution < 1.29 is 13.9 Å². The fourth-order valence-electron chi connectivity index (χ4n) is 1.77. The maximum atomic E-state index is 13.1. The molecule has 0 aliphatic rings. The first-order valence-electron chi connectivity index (χ1n) is 6.46. The zero-order valence-corrected chi connectivity index (χ0v) is 14.6. The number of amides is 1. The van der Waals surface area contributed by atoms with Gasteiger partial charge in [-0.05, 0) is 57.2 Å². The fourth-order valence-corrected chi connectivity index (χ4v) is 2.62. The minimum Gasteiger partial charge on any atom is -0.444 e. The molecule has 0 N–H and O–H groups in total. The van der Waals surface area contributed by atoms with Crippen molar-refractivity contribution in [2.24, 2.45) is 0 Å². The number of ether oxygens (including phenoxy) is 1. The summed E-state index contributed by atoms with van der Waals surface area (Å²) in [5.74, 6) is -0.523. The van der Waals surface area contributed by atoms with Crippen LogP contribution in [-0.4, -0.2) is 28.1 Å². The largest absolute Gasteiger partial charge is 0.444 e. The summed E-state index contributed by atoms with van der Waals surface area (Å²) in [4.78, 5) is 17.5. The molecule has 1 aromatic heterocycles. The lowest BCUT2D eigenvalue weighted by Gasteiger charge is -2.31. The van der Waals surface area contributed by atoms with E-state index in [0.29, 0.717) is 6.54 Å². The molecule has 0 saturated heterocycles. The normalized spacial score (nSPS) is 12.9. The van der Waals surface area contributed by atoms with Crippen LogP contribution in [0, 0.1) is 9.52 Å². The second-order valence-electron chi connectivity index (χ2n) is 5.47. The second kappa shape index (κ2) is 6.69. The Balaban J connectivity index is 2.97. The molecule has 0 saturated carbocycles. The quantitative estimate of drug-likeness (QED) is 0.572. The molecule has 0 aromatic carbocycles. The number of halogens is 2. The van der Waals surface area contributed by atoms with Crippen molar-refractivity contribution in [3.8, 4) is 0 Å². The molecule has 1 aromatic rings. The minimum atomic E-state index is -0.543. The smallest absolute Gasteiger partial charge is 0.410 e. The molecule has 6 heteroatoms. The van der Waals surface area contributed by atoms with Crippen LogP contribution in [0.15, 0.2) is 12.3 Å². The van der Waals surface area contributed by atoms with Crippen LogP contribution < -0.4 is 0 Å². The fraction of sp³-hybridized carbons (Fsp3) is 0.571. The zero-order valence-electron chi connectivity index (χ0n) is 12.4. The van der Waals surface area contributed by atoms with Crippen LogP contribution in [0.4, 0.5) is 9.18 Å². The predicted octanol–water partition coefficient (Wildman–Crippen LogP) is 4.14. The van der Waals surface area contributed by atoms with Crippen LogP contribution in [0.2, 0.25) is 0 Å². The molecule has 0 spiro atoms. The molecule has 1 atom stereocenters. The topological polar surface area (TPSA) is 42.4 Å². The number of carbonyl (C=O) groups is 1. The van der Waals surface area contributed by atoms with Crippen molar-refractivity contribution >= 4 is 28.7 Å². The molecule has 20 heavy (non-hydrogen) atoms. The summed E-state index contributed by atoms with van der Waals surface area (Å²) in [6, 6.07) is 1.13. The van der Waals surface area contributed by atoms with Crippen LogP contribution in [0.25, 0.3) is 0 Å². The van der Waals surface area contributed by atoms with Crippen LogP contribution in [0.1, 0.15) is 46.2 Å². The highest BCUT2D eigenvalue weighted by atomic mass is 127. The summed E-state index contributed by atoms with van der Waals surface area (Å²) in [6.07, 6.45) is 1.09. The molecule has 1 unspecified atom stereocenters. The first kappa shape index (κ1) is 17.1. The van der Waals surface area contributed by atoms with Crippen molar-refractivity contribution in [3.63, 3.8) is 0 Å². The minimum absolute atomic E-state index is 0.227. The van der Waals surface area contributed by atoms with Gasteiger partial charge in [0.25, 0.3) is 0 Å². The van der Waals surface area contributed by atoms with Gasteiger partial charge in [-0.1, -0.05) is 0 Å². The summed E-state index contributed by atoms with van der Waals surface area (Å²) in [5.41, 5.74) is 0.262. The van der Waals surface area contributed by atoms with E-state index >= 15 is 0 Å². The van der Waals surface area contributed by atoms with Gasteiger partial charge in [0.15, 0.2) is 0 Å². The zero-order chi connectivity index (χ0) is 15.5. The molecule has 0 aliphatic heterocycles. The maximum Gasteiger partial charge on any atom is 0.410 e. The first-order valence-corrected chi connectivity index (χ1v) is 7.54. The molecule has 0 radical (unpaired) electrons. The third kappa shape index (κ3) is 4.57. The summed E-state index contributed by atoms with van der Waals surface area (Å²) in [6.45, 7) is 9.74. The Kier molecular flexibility index (Phi) is 5.73. The lowest BCUT2D eigenvalue weighted by Crippen LogP contribution is -2.38. The van der Waals surface area contributed by atoms with Crippen molar-refractivity contribution in [2.45, 2.75) is 46.3 Å². The molecular formula is C14H20FIN2O2. The molecule has 0 fully saturated rings. The van der Waals surface area contributed by atoms with Gasteiger partial charge < -0.3 is 9.64 Å². The Morgan fingerprint density at radius 3 is 2.60 bits per heavy atom. The third-order valence-corrected chi connectivity index (χ3v) is 3.67. The van der Waals surface area contributed by atoms with Gasteiger partial charge >= 0.3 is 6.09 Å². The van der Waals surface area contributed by atoms with Crippen LogP contribution in [0.3, 0.4) is 0 Å². The Morgan fingerprint density at radius 2 is 2.15 bits per heavy atom. The van der Waals surface area contributed by atoms with Crippen molar-refractivity contribution in [1.29, 1.82) is 0 Å². The van der Waals surface area contributed by atoms with E-state index in [1.165, 1.54) is 12.3 Å². The number of hydrogen-bond acceptors (Lipinski definition) is 3. The standard InChI is InChI=1S/C14H20FIN2O2/c1-6-18(13(19)20-14(3,4)5)9(2)10-8-17-12(15)7-11(10)16/h7-9H,6H2,1-5H3. The molecule has 0 aliphatic carbocycles. The van der Waals surface area contributed by atoms with E-state index in [4.69, 9.17) is 4.74 Å². The Hall–Kier alpha value is -0.920. The summed E-state index contributed by atoms with van der Waals surface area (Å²) in [5, 5.41) is 0. The van der Waals surface area contributed by atoms with Crippen molar-refractivity contribution in [2.75, 3.05) is 6.54 Å². The van der Waals surface area contributed by atoms with E-state index < -0.39 is 11.5 Å². The van der Waals surface area contributed by atoms with Gasteiger partial charge in [0.05, 0.1) is 6.04 Å². The lowest BCUT2D eigenvalue weighted by molar-refractivity contribution is 0.0185. The number of pyridine rings is 1. The molecule has 0 bridgehead atoms. The summed E-state index contributed by atoms with van der Waals surface area (Å²) >= 11 is 2.04. The first-order chi connectivity index (χ1) is 9.15. The van der Waals surface area contributed by atoms with E-state index in [9.17, 15) is 9.18 Å². The van der Waals surface area contributed by atoms with Crippen LogP contribution in [-0.2, 0) is 4.74 Å². The second-order valence-corrected chi connectivity index (χ2v) is 6.63. The van der Waals surface area contributed by atoms with E-state index in [2.05, 4.69) is 4.98 Å². The van der Waals surface area contributed by atoms with Gasteiger partial charge in [0.1, 0.15) is 5.60 Å². The van der Waals surface area contributed by atoms with Gasteiger partial charge in [0.2, 0.25) is 5.95 Å². The lowest BCUT2D eigenvalue weighted by atomic mass is 10.1. The monoisotopic (exact) mass is 394 g/mol. The number of rotatable bonds is 3. The van der Waals surface area contributed by atoms with Crippen molar-refractivity contribution in [1.82, 2.24) is 9.88 Å². The predicted molar refractivity (Wildman–Crippen MR) is 83.9 cm³/mol. The Morgan fingerprint density at radius 1 is 1.55 bits per heavy atom. The molecular weight excluding hydrogens is 374 g/mol. The molecule has 112 valence electrons. The van der Waals surface area contributed by atoms with Gasteiger partial charge in [-0.15, -0.1) is 0 Å². The Bertz CT molecular complexity index is 489. The van der Waals surface area contributed by atoms with Gasteiger partial charge in [-0.2, -0.15) is 4.39 Å². The molecule has 1 rings (SSSR count). The molecule has 1 heterocycles. The molecule has 1 amide bonds. The van der Waals surface area contributed by atoms with Crippen LogP contribution in [0.5, 0.6) is 0 Å². The highest BCUT2D eigenvalue weighted by molar-refractivity contribution is 14.1. The number of nitrogens with zero attached hydrogens (tertiary/aromatic N) is 2. The highest BCUT2D eigenvalue weighted by Crippen LogP contribution is 2.26. The SMILES string of the molecule is CCN(C(=O)OC(C)(C)C)C(C)c1cnc(F)cc1I. The summed E-state index contributed by atoms with van der Waals surface area (Å²) < 4.78 is 19.2. The van der Waals surface area contributed by atoms with E-state index in [1.807, 2.05) is 57.2 Å². The van der Waals surface area contributed by atoms with Crippen molar-refractivity contribution in [3.05, 3.63) is 27.3 Å². The third-order valence-electron chi connectivity index (χ3n) is 2.73. The molecule has 4 nitrogen and oxygen atoms in total.